The number of halogens is 2. The molecule has 0 saturated heterocycles. The van der Waals surface area contributed by atoms with Gasteiger partial charge in [0, 0.05) is 12.3 Å². The maximum atomic E-state index is 13.1. The Balaban J connectivity index is 1.95. The summed E-state index contributed by atoms with van der Waals surface area (Å²) in [5.41, 5.74) is 0.708. The molecule has 0 atom stereocenters. The van der Waals surface area contributed by atoms with Gasteiger partial charge in [-0.1, -0.05) is 11.6 Å². The summed E-state index contributed by atoms with van der Waals surface area (Å²) in [5.74, 6) is -0.0662. The van der Waals surface area contributed by atoms with Crippen LogP contribution in [-0.2, 0) is 10.0 Å². The Kier molecular flexibility index (Phi) is 3.87. The molecule has 0 fully saturated rings. The normalized spacial score (nSPS) is 11.6. The Hall–Kier alpha value is -2.32. The van der Waals surface area contributed by atoms with E-state index in [4.69, 9.17) is 16.0 Å². The number of furan rings is 1. The third kappa shape index (κ3) is 3.08. The molecule has 9 heteroatoms. The summed E-state index contributed by atoms with van der Waals surface area (Å²) in [6.07, 6.45) is 1.53. The zero-order chi connectivity index (χ0) is 16.6. The van der Waals surface area contributed by atoms with E-state index in [1.54, 1.807) is 6.07 Å². The largest absolute Gasteiger partial charge is 0.458 e. The van der Waals surface area contributed by atoms with E-state index in [9.17, 15) is 12.8 Å². The first-order valence-corrected chi connectivity index (χ1v) is 8.31. The van der Waals surface area contributed by atoms with E-state index in [1.165, 1.54) is 31.3 Å². The van der Waals surface area contributed by atoms with Crippen LogP contribution >= 0.6 is 11.6 Å². The highest BCUT2D eigenvalue weighted by atomic mass is 35.5. The molecule has 2 heterocycles. The van der Waals surface area contributed by atoms with E-state index < -0.39 is 15.8 Å². The molecule has 0 saturated carbocycles. The van der Waals surface area contributed by atoms with Crippen molar-refractivity contribution < 1.29 is 17.2 Å². The molecule has 23 heavy (non-hydrogen) atoms. The fraction of sp³-hybridized carbons (Fsp3) is 0.0714. The van der Waals surface area contributed by atoms with Gasteiger partial charge in [0.05, 0.1) is 10.7 Å². The van der Waals surface area contributed by atoms with Crippen molar-refractivity contribution in [2.75, 3.05) is 4.72 Å². The third-order valence-electron chi connectivity index (χ3n) is 3.10. The van der Waals surface area contributed by atoms with Crippen LogP contribution in [0.25, 0.3) is 11.5 Å². The van der Waals surface area contributed by atoms with Crippen LogP contribution in [0.4, 0.5) is 10.1 Å². The lowest BCUT2D eigenvalue weighted by molar-refractivity contribution is 0.533. The summed E-state index contributed by atoms with van der Waals surface area (Å²) in [5, 5.41) is 6.30. The summed E-state index contributed by atoms with van der Waals surface area (Å²) >= 11 is 5.65. The number of benzene rings is 1. The Morgan fingerprint density at radius 1 is 1.30 bits per heavy atom. The van der Waals surface area contributed by atoms with Gasteiger partial charge in [0.2, 0.25) is 0 Å². The van der Waals surface area contributed by atoms with Gasteiger partial charge in [0.25, 0.3) is 10.0 Å². The lowest BCUT2D eigenvalue weighted by atomic mass is 10.3. The van der Waals surface area contributed by atoms with Gasteiger partial charge in [-0.15, -0.1) is 0 Å². The van der Waals surface area contributed by atoms with Crippen molar-refractivity contribution in [2.24, 2.45) is 0 Å². The number of H-pyrrole nitrogens is 1. The van der Waals surface area contributed by atoms with Crippen molar-refractivity contribution in [1.82, 2.24) is 10.2 Å². The van der Waals surface area contributed by atoms with E-state index in [-0.39, 0.29) is 21.4 Å². The predicted molar refractivity (Wildman–Crippen MR) is 83.2 cm³/mol. The predicted octanol–water partition coefficient (Wildman–Crippen LogP) is 3.57. The fourth-order valence-electron chi connectivity index (χ4n) is 2.03. The molecular weight excluding hydrogens is 345 g/mol. The molecule has 3 aromatic rings. The van der Waals surface area contributed by atoms with Crippen LogP contribution in [0.3, 0.4) is 0 Å². The number of aryl methyl sites for hydroxylation is 1. The first kappa shape index (κ1) is 15.6. The molecule has 3 rings (SSSR count). The molecule has 0 amide bonds. The summed E-state index contributed by atoms with van der Waals surface area (Å²) in [6, 6.07) is 6.60. The summed E-state index contributed by atoms with van der Waals surface area (Å²) in [4.78, 5) is -0.0254. The van der Waals surface area contributed by atoms with Crippen LogP contribution in [-0.4, -0.2) is 18.6 Å². The van der Waals surface area contributed by atoms with Crippen molar-refractivity contribution in [1.29, 1.82) is 0 Å². The monoisotopic (exact) mass is 355 g/mol. The Morgan fingerprint density at radius 2 is 2.09 bits per heavy atom. The quantitative estimate of drug-likeness (QED) is 0.748. The highest BCUT2D eigenvalue weighted by Gasteiger charge is 2.23. The molecule has 2 N–H and O–H groups in total. The number of sulfonamides is 1. The molecule has 120 valence electrons. The van der Waals surface area contributed by atoms with Gasteiger partial charge >= 0.3 is 0 Å². The lowest BCUT2D eigenvalue weighted by Crippen LogP contribution is -2.13. The average Bonchev–Trinajstić information content (AvgIpc) is 3.11. The van der Waals surface area contributed by atoms with Crippen LogP contribution in [0.15, 0.2) is 45.8 Å². The van der Waals surface area contributed by atoms with E-state index in [2.05, 4.69) is 14.9 Å². The zero-order valence-corrected chi connectivity index (χ0v) is 13.4. The van der Waals surface area contributed by atoms with Crippen LogP contribution in [0, 0.1) is 12.7 Å². The second kappa shape index (κ2) is 5.71. The summed E-state index contributed by atoms with van der Waals surface area (Å²) in [6.45, 7) is 1.53. The Labute approximate surface area is 136 Å². The lowest BCUT2D eigenvalue weighted by Gasteiger charge is -2.07. The molecule has 0 bridgehead atoms. The first-order valence-electron chi connectivity index (χ1n) is 6.45. The average molecular weight is 356 g/mol. The molecule has 0 aliphatic rings. The molecule has 0 spiro atoms. The van der Waals surface area contributed by atoms with Crippen molar-refractivity contribution in [3.8, 4) is 11.5 Å². The van der Waals surface area contributed by atoms with Crippen molar-refractivity contribution >= 4 is 27.3 Å². The van der Waals surface area contributed by atoms with Crippen LogP contribution in [0.5, 0.6) is 0 Å². The van der Waals surface area contributed by atoms with Gasteiger partial charge in [-0.25, -0.2) is 12.8 Å². The van der Waals surface area contributed by atoms with Gasteiger partial charge in [0.1, 0.15) is 22.2 Å². The van der Waals surface area contributed by atoms with E-state index in [1.807, 2.05) is 0 Å². The molecule has 0 unspecified atom stereocenters. The number of anilines is 1. The number of aromatic nitrogens is 2. The molecule has 6 nitrogen and oxygen atoms in total. The SMILES string of the molecule is Cc1oc(-c2ccn[nH]2)cc1S(=O)(=O)Nc1ccc(F)c(Cl)c1. The van der Waals surface area contributed by atoms with Gasteiger partial charge < -0.3 is 4.42 Å². The van der Waals surface area contributed by atoms with Crippen molar-refractivity contribution in [2.45, 2.75) is 11.8 Å². The highest BCUT2D eigenvalue weighted by Crippen LogP contribution is 2.29. The van der Waals surface area contributed by atoms with E-state index in [0.29, 0.717) is 11.5 Å². The van der Waals surface area contributed by atoms with Crippen LogP contribution in [0.1, 0.15) is 5.76 Å². The standard InChI is InChI=1S/C14H11ClFN3O3S/c1-8-14(7-13(22-8)12-4-5-17-18-12)23(20,21)19-9-2-3-11(16)10(15)6-9/h2-7,19H,1H3,(H,17,18). The smallest absolute Gasteiger partial charge is 0.265 e. The highest BCUT2D eigenvalue weighted by molar-refractivity contribution is 7.92. The van der Waals surface area contributed by atoms with Crippen LogP contribution in [0.2, 0.25) is 5.02 Å². The minimum atomic E-state index is -3.90. The molecule has 0 radical (unpaired) electrons. The maximum absolute atomic E-state index is 13.1. The number of hydrogen-bond acceptors (Lipinski definition) is 4. The van der Waals surface area contributed by atoms with Crippen molar-refractivity contribution in [3.05, 3.63) is 53.1 Å². The number of aromatic amines is 1. The molecule has 1 aromatic carbocycles. The number of nitrogens with zero attached hydrogens (tertiary/aromatic N) is 1. The molecule has 0 aliphatic heterocycles. The Morgan fingerprint density at radius 3 is 2.74 bits per heavy atom. The van der Waals surface area contributed by atoms with E-state index >= 15 is 0 Å². The van der Waals surface area contributed by atoms with E-state index in [0.717, 1.165) is 6.07 Å². The third-order valence-corrected chi connectivity index (χ3v) is 4.88. The second-order valence-electron chi connectivity index (χ2n) is 4.74. The minimum Gasteiger partial charge on any atom is -0.458 e. The Bertz CT molecular complexity index is 952. The molecular formula is C14H11ClFN3O3S. The minimum absolute atomic E-state index is 0.0254. The fourth-order valence-corrected chi connectivity index (χ4v) is 3.44. The summed E-state index contributed by atoms with van der Waals surface area (Å²) in [7, 11) is -3.90. The zero-order valence-electron chi connectivity index (χ0n) is 11.8. The summed E-state index contributed by atoms with van der Waals surface area (Å²) < 4.78 is 45.9. The second-order valence-corrected chi connectivity index (χ2v) is 6.79. The van der Waals surface area contributed by atoms with Gasteiger partial charge in [0.15, 0.2) is 5.76 Å². The van der Waals surface area contributed by atoms with Gasteiger partial charge in [-0.05, 0) is 31.2 Å². The number of hydrogen-bond donors (Lipinski definition) is 2. The van der Waals surface area contributed by atoms with Crippen LogP contribution < -0.4 is 4.72 Å². The number of rotatable bonds is 4. The molecule has 2 aromatic heterocycles. The first-order chi connectivity index (χ1) is 10.9. The molecule has 0 aliphatic carbocycles. The number of nitrogens with one attached hydrogen (secondary N) is 2. The topological polar surface area (TPSA) is 88.0 Å². The van der Waals surface area contributed by atoms with Crippen molar-refractivity contribution in [3.63, 3.8) is 0 Å². The van der Waals surface area contributed by atoms with Gasteiger partial charge in [-0.3, -0.25) is 9.82 Å². The maximum Gasteiger partial charge on any atom is 0.265 e. The van der Waals surface area contributed by atoms with Gasteiger partial charge in [-0.2, -0.15) is 5.10 Å².